The predicted molar refractivity (Wildman–Crippen MR) is 117 cm³/mol. The van der Waals surface area contributed by atoms with Gasteiger partial charge in [-0.3, -0.25) is 0 Å². The van der Waals surface area contributed by atoms with Crippen molar-refractivity contribution in [2.45, 2.75) is 38.5 Å². The van der Waals surface area contributed by atoms with Gasteiger partial charge in [0.2, 0.25) is 0 Å². The number of halogens is 3. The lowest BCUT2D eigenvalue weighted by molar-refractivity contribution is 0.859. The van der Waals surface area contributed by atoms with Crippen LogP contribution >= 0.6 is 56.8 Å². The molecule has 0 radical (unpaired) electrons. The van der Waals surface area contributed by atoms with Crippen LogP contribution in [0.3, 0.4) is 0 Å². The van der Waals surface area contributed by atoms with Gasteiger partial charge < -0.3 is 0 Å². The molecule has 0 aliphatic rings. The van der Waals surface area contributed by atoms with E-state index in [2.05, 4.69) is 114 Å². The van der Waals surface area contributed by atoms with Crippen LogP contribution in [0, 0.1) is 3.57 Å². The molecule has 22 heavy (non-hydrogen) atoms. The van der Waals surface area contributed by atoms with Crippen LogP contribution in [0.4, 0.5) is 0 Å². The number of hydrogen-bond acceptors (Lipinski definition) is 0. The molecule has 0 spiro atoms. The van der Waals surface area contributed by atoms with Gasteiger partial charge in [-0.25, -0.2) is 0 Å². The van der Waals surface area contributed by atoms with Crippen LogP contribution in [0.1, 0.15) is 49.3 Å². The zero-order chi connectivity index (χ0) is 16.5. The molecule has 0 aliphatic heterocycles. The molecule has 0 aromatic heterocycles. The Morgan fingerprint density at radius 2 is 1.64 bits per heavy atom. The SMILES string of the molecule is CC(C)c1ccc(CCl)cc1I.CC(CI)c1ccccc1. The molecule has 0 bridgehead atoms. The molecule has 3 heteroatoms. The van der Waals surface area contributed by atoms with Gasteiger partial charge in [0.15, 0.2) is 0 Å². The first-order valence-electron chi connectivity index (χ1n) is 7.44. The van der Waals surface area contributed by atoms with Gasteiger partial charge in [0.1, 0.15) is 0 Å². The molecule has 0 fully saturated rings. The number of alkyl halides is 2. The van der Waals surface area contributed by atoms with E-state index >= 15 is 0 Å². The normalized spacial score (nSPS) is 11.8. The molecule has 0 N–H and O–H groups in total. The average molecular weight is 541 g/mol. The number of hydrogen-bond donors (Lipinski definition) is 0. The Labute approximate surface area is 167 Å². The molecule has 1 atom stereocenters. The van der Waals surface area contributed by atoms with Gasteiger partial charge in [-0.1, -0.05) is 85.8 Å². The van der Waals surface area contributed by atoms with Crippen LogP contribution < -0.4 is 0 Å². The fourth-order valence-electron chi connectivity index (χ4n) is 1.99. The quantitative estimate of drug-likeness (QED) is 0.280. The maximum Gasteiger partial charge on any atom is 0.0474 e. The highest BCUT2D eigenvalue weighted by Crippen LogP contribution is 2.22. The van der Waals surface area contributed by atoms with E-state index in [0.29, 0.717) is 17.7 Å². The smallest absolute Gasteiger partial charge is 0.0474 e. The molecular weight excluding hydrogens is 517 g/mol. The van der Waals surface area contributed by atoms with E-state index in [1.54, 1.807) is 0 Å². The fourth-order valence-corrected chi connectivity index (χ4v) is 3.87. The summed E-state index contributed by atoms with van der Waals surface area (Å²) in [6.07, 6.45) is 0. The predicted octanol–water partition coefficient (Wildman–Crippen LogP) is 7.38. The van der Waals surface area contributed by atoms with Gasteiger partial charge in [-0.15, -0.1) is 11.6 Å². The van der Waals surface area contributed by atoms with Crippen molar-refractivity contribution in [1.29, 1.82) is 0 Å². The summed E-state index contributed by atoms with van der Waals surface area (Å²) in [6.45, 7) is 6.66. The van der Waals surface area contributed by atoms with Gasteiger partial charge in [0, 0.05) is 13.9 Å². The van der Waals surface area contributed by atoms with Crippen LogP contribution in [0.25, 0.3) is 0 Å². The van der Waals surface area contributed by atoms with Gasteiger partial charge in [0.05, 0.1) is 0 Å². The molecule has 2 aromatic carbocycles. The summed E-state index contributed by atoms with van der Waals surface area (Å²) < 4.78 is 2.52. The largest absolute Gasteiger partial charge is 0.122 e. The summed E-state index contributed by atoms with van der Waals surface area (Å²) in [4.78, 5) is 0. The fraction of sp³-hybridized carbons (Fsp3) is 0.368. The van der Waals surface area contributed by atoms with Crippen LogP contribution in [0.5, 0.6) is 0 Å². The second kappa shape index (κ2) is 10.9. The maximum absolute atomic E-state index is 5.73. The lowest BCUT2D eigenvalue weighted by atomic mass is 10.0. The van der Waals surface area contributed by atoms with Crippen molar-refractivity contribution < 1.29 is 0 Å². The zero-order valence-corrected chi connectivity index (χ0v) is 18.4. The first-order valence-corrected chi connectivity index (χ1v) is 10.6. The minimum atomic E-state index is 0.598. The van der Waals surface area contributed by atoms with Crippen molar-refractivity contribution >= 4 is 56.8 Å². The first-order chi connectivity index (χ1) is 10.5. The average Bonchev–Trinajstić information content (AvgIpc) is 2.55. The standard InChI is InChI=1S/C10H12ClI.C9H11I/c1-7(2)9-4-3-8(6-11)5-10(9)12;1-8(7-10)9-5-3-2-4-6-9/h3-5,7H,6H2,1-2H3;2-6,8H,7H2,1H3. The van der Waals surface area contributed by atoms with Gasteiger partial charge in [-0.2, -0.15) is 0 Å². The van der Waals surface area contributed by atoms with Crippen molar-refractivity contribution in [1.82, 2.24) is 0 Å². The highest BCUT2D eigenvalue weighted by molar-refractivity contribution is 14.1. The van der Waals surface area contributed by atoms with E-state index in [0.717, 1.165) is 0 Å². The molecule has 0 amide bonds. The summed E-state index contributed by atoms with van der Waals surface area (Å²) >= 11 is 10.5. The lowest BCUT2D eigenvalue weighted by Gasteiger charge is -2.08. The van der Waals surface area contributed by atoms with Crippen LogP contribution in [-0.2, 0) is 5.88 Å². The topological polar surface area (TPSA) is 0 Å². The summed E-state index contributed by atoms with van der Waals surface area (Å²) in [5, 5.41) is 0. The summed E-state index contributed by atoms with van der Waals surface area (Å²) in [7, 11) is 0. The van der Waals surface area contributed by atoms with Gasteiger partial charge in [0.25, 0.3) is 0 Å². The van der Waals surface area contributed by atoms with E-state index in [1.807, 2.05) is 0 Å². The minimum Gasteiger partial charge on any atom is -0.122 e. The second-order valence-corrected chi connectivity index (χ2v) is 7.92. The van der Waals surface area contributed by atoms with E-state index < -0.39 is 0 Å². The Morgan fingerprint density at radius 3 is 2.09 bits per heavy atom. The van der Waals surface area contributed by atoms with E-state index in [1.165, 1.54) is 24.7 Å². The third-order valence-corrected chi connectivity index (χ3v) is 6.01. The Bertz CT molecular complexity index is 553. The molecule has 0 aliphatic carbocycles. The highest BCUT2D eigenvalue weighted by atomic mass is 127. The molecular formula is C19H23ClI2. The van der Waals surface area contributed by atoms with Crippen LogP contribution in [0.2, 0.25) is 0 Å². The zero-order valence-electron chi connectivity index (χ0n) is 13.3. The monoisotopic (exact) mass is 540 g/mol. The molecule has 1 unspecified atom stereocenters. The number of benzene rings is 2. The Kier molecular flexibility index (Phi) is 10.00. The van der Waals surface area contributed by atoms with E-state index in [-0.39, 0.29) is 0 Å². The highest BCUT2D eigenvalue weighted by Gasteiger charge is 2.04. The molecule has 120 valence electrons. The van der Waals surface area contributed by atoms with Crippen molar-refractivity contribution in [2.24, 2.45) is 0 Å². The first kappa shape index (κ1) is 20.2. The molecule has 2 rings (SSSR count). The van der Waals surface area contributed by atoms with Gasteiger partial charge in [-0.05, 0) is 57.2 Å². The Balaban J connectivity index is 0.000000224. The van der Waals surface area contributed by atoms with Crippen molar-refractivity contribution in [3.63, 3.8) is 0 Å². The molecule has 2 aromatic rings. The third kappa shape index (κ3) is 6.75. The van der Waals surface area contributed by atoms with Crippen LogP contribution in [0.15, 0.2) is 48.5 Å². The third-order valence-electron chi connectivity index (χ3n) is 3.44. The summed E-state index contributed by atoms with van der Waals surface area (Å²) in [6, 6.07) is 17.0. The summed E-state index contributed by atoms with van der Waals surface area (Å²) in [5.74, 6) is 1.90. The Hall–Kier alpha value is 0.190. The molecule has 0 saturated carbocycles. The minimum absolute atomic E-state index is 0.598. The number of rotatable bonds is 4. The van der Waals surface area contributed by atoms with Crippen molar-refractivity contribution in [3.05, 3.63) is 68.8 Å². The van der Waals surface area contributed by atoms with Crippen LogP contribution in [-0.4, -0.2) is 4.43 Å². The lowest BCUT2D eigenvalue weighted by Crippen LogP contribution is -1.92. The van der Waals surface area contributed by atoms with Gasteiger partial charge >= 0.3 is 0 Å². The summed E-state index contributed by atoms with van der Waals surface area (Å²) in [5.41, 5.74) is 4.05. The Morgan fingerprint density at radius 1 is 1.00 bits per heavy atom. The maximum atomic E-state index is 5.73. The molecule has 0 heterocycles. The van der Waals surface area contributed by atoms with E-state index in [9.17, 15) is 0 Å². The molecule has 0 nitrogen and oxygen atoms in total. The molecule has 0 saturated heterocycles. The van der Waals surface area contributed by atoms with E-state index in [4.69, 9.17) is 11.6 Å². The van der Waals surface area contributed by atoms with Crippen molar-refractivity contribution in [2.75, 3.05) is 4.43 Å². The van der Waals surface area contributed by atoms with Crippen molar-refractivity contribution in [3.8, 4) is 0 Å². The second-order valence-electron chi connectivity index (χ2n) is 5.61.